The van der Waals surface area contributed by atoms with E-state index < -0.39 is 8.60 Å². The number of ether oxygens (including phenoxy) is 1. The molecule has 2 heterocycles. The van der Waals surface area contributed by atoms with Crippen LogP contribution in [-0.2, 0) is 11.5 Å². The largest absolute Gasteiger partial charge is 0.394 e. The number of hydrogen-bond acceptors (Lipinski definition) is 9. The first kappa shape index (κ1) is 16.4. The van der Waals surface area contributed by atoms with E-state index in [1.54, 1.807) is 0 Å². The Labute approximate surface area is 113 Å². The Kier molecular flexibility index (Phi) is 6.45. The van der Waals surface area contributed by atoms with E-state index in [4.69, 9.17) is 30.3 Å². The molecule has 0 amide bonds. The minimum absolute atomic E-state index is 0.0291. The van der Waals surface area contributed by atoms with Crippen molar-refractivity contribution in [1.82, 2.24) is 19.5 Å². The maximum Gasteiger partial charge on any atom is 0.324 e. The second-order valence-electron chi connectivity index (χ2n) is 3.37. The SMILES string of the molecule is Nc1nc2c(ncn2COCCO)c(=O)[nH]1.OP(O)O. The van der Waals surface area contributed by atoms with Gasteiger partial charge in [0.1, 0.15) is 6.73 Å². The number of nitrogen functional groups attached to an aromatic ring is 1. The van der Waals surface area contributed by atoms with Crippen molar-refractivity contribution >= 4 is 25.7 Å². The highest BCUT2D eigenvalue weighted by Gasteiger charge is 2.08. The van der Waals surface area contributed by atoms with Gasteiger partial charge in [-0.1, -0.05) is 0 Å². The average molecular weight is 307 g/mol. The van der Waals surface area contributed by atoms with Crippen molar-refractivity contribution in [2.75, 3.05) is 18.9 Å². The summed E-state index contributed by atoms with van der Waals surface area (Å²) in [5.74, 6) is 0.0291. The molecule has 12 heteroatoms. The molecule has 0 aliphatic heterocycles. The summed E-state index contributed by atoms with van der Waals surface area (Å²) in [5, 5.41) is 8.56. The predicted octanol–water partition coefficient (Wildman–Crippen LogP) is -2.14. The molecule has 0 atom stereocenters. The summed E-state index contributed by atoms with van der Waals surface area (Å²) < 4.78 is 6.63. The van der Waals surface area contributed by atoms with Crippen molar-refractivity contribution in [3.8, 4) is 0 Å². The Balaban J connectivity index is 0.000000444. The monoisotopic (exact) mass is 307 g/mol. The van der Waals surface area contributed by atoms with Gasteiger partial charge in [0, 0.05) is 0 Å². The van der Waals surface area contributed by atoms with Crippen LogP contribution < -0.4 is 11.3 Å². The molecule has 20 heavy (non-hydrogen) atoms. The lowest BCUT2D eigenvalue weighted by molar-refractivity contribution is 0.0499. The van der Waals surface area contributed by atoms with Crippen LogP contribution in [0.4, 0.5) is 5.95 Å². The summed E-state index contributed by atoms with van der Waals surface area (Å²) in [6.45, 7) is 0.300. The highest BCUT2D eigenvalue weighted by Crippen LogP contribution is 2.11. The van der Waals surface area contributed by atoms with Gasteiger partial charge in [0.15, 0.2) is 11.2 Å². The van der Waals surface area contributed by atoms with Crippen molar-refractivity contribution in [2.24, 2.45) is 0 Å². The zero-order valence-electron chi connectivity index (χ0n) is 10.2. The first-order valence-electron chi connectivity index (χ1n) is 5.21. The van der Waals surface area contributed by atoms with Gasteiger partial charge >= 0.3 is 8.60 Å². The Bertz CT molecular complexity index is 596. The number of anilines is 1. The standard InChI is InChI=1S/C8H11N5O3.H3O3P/c9-8-11-6-5(7(15)12-8)10-3-13(6)4-16-2-1-14;1-4(2)3/h3,14H,1-2,4H2,(H3,9,11,12,15);1-3H. The minimum Gasteiger partial charge on any atom is -0.394 e. The molecule has 7 N–H and O–H groups in total. The van der Waals surface area contributed by atoms with Gasteiger partial charge < -0.3 is 30.3 Å². The van der Waals surface area contributed by atoms with E-state index in [2.05, 4.69) is 15.0 Å². The summed E-state index contributed by atoms with van der Waals surface area (Å²) in [4.78, 5) is 43.3. The smallest absolute Gasteiger partial charge is 0.324 e. The van der Waals surface area contributed by atoms with E-state index in [9.17, 15) is 4.79 Å². The molecule has 0 bridgehead atoms. The molecule has 0 aliphatic carbocycles. The van der Waals surface area contributed by atoms with Crippen molar-refractivity contribution in [2.45, 2.75) is 6.73 Å². The molecule has 0 aromatic carbocycles. The normalized spacial score (nSPS) is 10.7. The lowest BCUT2D eigenvalue weighted by atomic mass is 10.5. The average Bonchev–Trinajstić information content (AvgIpc) is 2.72. The molecule has 0 aliphatic rings. The molecule has 0 saturated carbocycles. The lowest BCUT2D eigenvalue weighted by Crippen LogP contribution is -2.13. The fourth-order valence-electron chi connectivity index (χ4n) is 1.29. The van der Waals surface area contributed by atoms with Crippen molar-refractivity contribution in [3.63, 3.8) is 0 Å². The molecule has 2 aromatic heterocycles. The van der Waals surface area contributed by atoms with Crippen LogP contribution in [0.5, 0.6) is 0 Å². The first-order chi connectivity index (χ1) is 9.45. The molecular formula is C8H14N5O6P. The maximum atomic E-state index is 11.4. The fraction of sp³-hybridized carbons (Fsp3) is 0.375. The van der Waals surface area contributed by atoms with Gasteiger partial charge in [0.25, 0.3) is 5.56 Å². The molecule has 0 radical (unpaired) electrons. The number of nitrogens with two attached hydrogens (primary N) is 1. The number of aliphatic hydroxyl groups is 1. The number of fused-ring (bicyclic) bond motifs is 1. The molecule has 2 aromatic rings. The molecule has 0 spiro atoms. The van der Waals surface area contributed by atoms with E-state index in [0.717, 1.165) is 0 Å². The van der Waals surface area contributed by atoms with E-state index >= 15 is 0 Å². The highest BCUT2D eigenvalue weighted by atomic mass is 31.2. The van der Waals surface area contributed by atoms with Crippen LogP contribution in [0.1, 0.15) is 0 Å². The van der Waals surface area contributed by atoms with Gasteiger partial charge in [-0.05, 0) is 0 Å². The number of aromatic amines is 1. The Morgan fingerprint density at radius 2 is 2.10 bits per heavy atom. The van der Waals surface area contributed by atoms with Crippen LogP contribution >= 0.6 is 8.60 Å². The number of rotatable bonds is 4. The second kappa shape index (κ2) is 7.85. The Hall–Kier alpha value is -1.62. The van der Waals surface area contributed by atoms with Gasteiger partial charge in [0.05, 0.1) is 19.5 Å². The predicted molar refractivity (Wildman–Crippen MR) is 69.2 cm³/mol. The van der Waals surface area contributed by atoms with Crippen LogP contribution in [0, 0.1) is 0 Å². The van der Waals surface area contributed by atoms with Gasteiger partial charge in [-0.3, -0.25) is 14.3 Å². The number of imidazole rings is 1. The van der Waals surface area contributed by atoms with Crippen LogP contribution in [-0.4, -0.2) is 52.5 Å². The third-order valence-corrected chi connectivity index (χ3v) is 1.96. The van der Waals surface area contributed by atoms with Crippen LogP contribution in [0.2, 0.25) is 0 Å². The molecule has 0 unspecified atom stereocenters. The van der Waals surface area contributed by atoms with Gasteiger partial charge in [-0.15, -0.1) is 0 Å². The molecule has 0 fully saturated rings. The van der Waals surface area contributed by atoms with Crippen LogP contribution in [0.25, 0.3) is 11.2 Å². The maximum absolute atomic E-state index is 11.4. The lowest BCUT2D eigenvalue weighted by Gasteiger charge is -2.03. The van der Waals surface area contributed by atoms with E-state index in [1.165, 1.54) is 10.9 Å². The third-order valence-electron chi connectivity index (χ3n) is 1.96. The Morgan fingerprint density at radius 1 is 1.45 bits per heavy atom. The summed E-state index contributed by atoms with van der Waals surface area (Å²) in [6.07, 6.45) is 1.43. The van der Waals surface area contributed by atoms with E-state index in [0.29, 0.717) is 5.65 Å². The summed E-state index contributed by atoms with van der Waals surface area (Å²) >= 11 is 0. The Morgan fingerprint density at radius 3 is 2.70 bits per heavy atom. The zero-order chi connectivity index (χ0) is 15.1. The van der Waals surface area contributed by atoms with Gasteiger partial charge in [-0.25, -0.2) is 4.98 Å². The number of aromatic nitrogens is 4. The summed E-state index contributed by atoms with van der Waals surface area (Å²) in [7, 11) is -2.62. The number of nitrogens with zero attached hydrogens (tertiary/aromatic N) is 3. The van der Waals surface area contributed by atoms with Crippen LogP contribution in [0.15, 0.2) is 11.1 Å². The van der Waals surface area contributed by atoms with E-state index in [1.807, 2.05) is 0 Å². The fourth-order valence-corrected chi connectivity index (χ4v) is 1.29. The van der Waals surface area contributed by atoms with Gasteiger partial charge in [0.2, 0.25) is 5.95 Å². The summed E-state index contributed by atoms with van der Waals surface area (Å²) in [5.41, 5.74) is 5.60. The number of H-pyrrole nitrogens is 1. The van der Waals surface area contributed by atoms with Crippen LogP contribution in [0.3, 0.4) is 0 Å². The molecule has 11 nitrogen and oxygen atoms in total. The summed E-state index contributed by atoms with van der Waals surface area (Å²) in [6, 6.07) is 0. The highest BCUT2D eigenvalue weighted by molar-refractivity contribution is 7.38. The second-order valence-corrected chi connectivity index (χ2v) is 3.90. The van der Waals surface area contributed by atoms with E-state index in [-0.39, 0.29) is 37.0 Å². The van der Waals surface area contributed by atoms with Crippen molar-refractivity contribution < 1.29 is 24.5 Å². The quantitative estimate of drug-likeness (QED) is 0.271. The van der Waals surface area contributed by atoms with Gasteiger partial charge in [-0.2, -0.15) is 4.98 Å². The first-order valence-corrected chi connectivity index (χ1v) is 6.41. The topological polar surface area (TPSA) is 180 Å². The zero-order valence-corrected chi connectivity index (χ0v) is 11.1. The number of hydrogen-bond donors (Lipinski definition) is 6. The molecule has 0 saturated heterocycles. The molecule has 2 rings (SSSR count). The third kappa shape index (κ3) is 4.81. The number of nitrogens with one attached hydrogen (secondary N) is 1. The minimum atomic E-state index is -2.62. The van der Waals surface area contributed by atoms with Crippen molar-refractivity contribution in [1.29, 1.82) is 0 Å². The number of aliphatic hydroxyl groups excluding tert-OH is 1. The molecule has 112 valence electrons. The molecular weight excluding hydrogens is 293 g/mol. The van der Waals surface area contributed by atoms with Crippen molar-refractivity contribution in [3.05, 3.63) is 16.7 Å².